The highest BCUT2D eigenvalue weighted by Crippen LogP contribution is 2.23. The molecule has 0 spiro atoms. The van der Waals surface area contributed by atoms with Crippen LogP contribution in [0.3, 0.4) is 0 Å². The van der Waals surface area contributed by atoms with E-state index in [-0.39, 0.29) is 5.28 Å². The third kappa shape index (κ3) is 1.35. The van der Waals surface area contributed by atoms with E-state index < -0.39 is 0 Å². The number of aryl methyl sites for hydroxylation is 2. The summed E-state index contributed by atoms with van der Waals surface area (Å²) in [5.41, 5.74) is 2.35. The van der Waals surface area contributed by atoms with E-state index in [2.05, 4.69) is 15.1 Å². The monoisotopic (exact) mass is 230 g/mol. The zero-order chi connectivity index (χ0) is 10.3. The van der Waals surface area contributed by atoms with Gasteiger partial charge in [-0.2, -0.15) is 5.10 Å². The van der Waals surface area contributed by atoms with Crippen molar-refractivity contribution < 1.29 is 0 Å². The average Bonchev–Trinajstić information content (AvgIpc) is 2.41. The third-order valence-electron chi connectivity index (χ3n) is 2.06. The second-order valence-corrected chi connectivity index (χ2v) is 3.60. The highest BCUT2D eigenvalue weighted by molar-refractivity contribution is 6.35. The van der Waals surface area contributed by atoms with Crippen LogP contribution in [-0.2, 0) is 13.5 Å². The maximum absolute atomic E-state index is 5.89. The molecule has 2 aromatic heterocycles. The maximum Gasteiger partial charge on any atom is 0.224 e. The summed E-state index contributed by atoms with van der Waals surface area (Å²) in [5, 5.41) is 4.68. The first kappa shape index (κ1) is 9.68. The summed E-state index contributed by atoms with van der Waals surface area (Å²) in [6, 6.07) is 0. The Morgan fingerprint density at radius 1 is 1.21 bits per heavy atom. The minimum absolute atomic E-state index is 0.158. The van der Waals surface area contributed by atoms with Gasteiger partial charge in [-0.3, -0.25) is 4.68 Å². The first-order valence-electron chi connectivity index (χ1n) is 4.18. The smallest absolute Gasteiger partial charge is 0.224 e. The quantitative estimate of drug-likeness (QED) is 0.558. The highest BCUT2D eigenvalue weighted by Gasteiger charge is 2.13. The van der Waals surface area contributed by atoms with Gasteiger partial charge in [-0.05, 0) is 18.0 Å². The number of nitrogens with zero attached hydrogens (tertiary/aromatic N) is 4. The van der Waals surface area contributed by atoms with Crippen molar-refractivity contribution in [1.29, 1.82) is 0 Å². The van der Waals surface area contributed by atoms with Crippen LogP contribution in [0.4, 0.5) is 0 Å². The molecule has 2 aromatic rings. The van der Waals surface area contributed by atoms with Gasteiger partial charge in [-0.15, -0.1) is 0 Å². The van der Waals surface area contributed by atoms with E-state index >= 15 is 0 Å². The maximum atomic E-state index is 5.89. The van der Waals surface area contributed by atoms with Crippen molar-refractivity contribution in [2.24, 2.45) is 7.05 Å². The lowest BCUT2D eigenvalue weighted by atomic mass is 10.3. The van der Waals surface area contributed by atoms with Crippen LogP contribution in [0.2, 0.25) is 10.4 Å². The average molecular weight is 231 g/mol. The summed E-state index contributed by atoms with van der Waals surface area (Å²) in [6.45, 7) is 2.03. The Bertz CT molecular complexity index is 492. The van der Waals surface area contributed by atoms with Crippen molar-refractivity contribution >= 4 is 34.2 Å². The fourth-order valence-electron chi connectivity index (χ4n) is 1.45. The summed E-state index contributed by atoms with van der Waals surface area (Å²) in [6.07, 6.45) is 0.830. The molecule has 0 fully saturated rings. The summed E-state index contributed by atoms with van der Waals surface area (Å²) in [7, 11) is 1.85. The van der Waals surface area contributed by atoms with E-state index in [0.717, 1.165) is 17.6 Å². The Hall–Kier alpha value is -0.870. The van der Waals surface area contributed by atoms with Gasteiger partial charge in [0.15, 0.2) is 5.15 Å². The van der Waals surface area contributed by atoms with E-state index in [4.69, 9.17) is 23.2 Å². The number of hydrogen-bond acceptors (Lipinski definition) is 3. The molecule has 0 atom stereocenters. The molecule has 0 bridgehead atoms. The first-order valence-corrected chi connectivity index (χ1v) is 4.93. The van der Waals surface area contributed by atoms with Crippen LogP contribution >= 0.6 is 23.2 Å². The summed E-state index contributed by atoms with van der Waals surface area (Å²) < 4.78 is 1.75. The van der Waals surface area contributed by atoms with Gasteiger partial charge in [-0.1, -0.05) is 18.5 Å². The van der Waals surface area contributed by atoms with Crippen LogP contribution < -0.4 is 0 Å². The van der Waals surface area contributed by atoms with Gasteiger partial charge in [0.2, 0.25) is 5.28 Å². The largest absolute Gasteiger partial charge is 0.270 e. The van der Waals surface area contributed by atoms with Gasteiger partial charge < -0.3 is 0 Å². The van der Waals surface area contributed by atoms with Gasteiger partial charge in [0.25, 0.3) is 0 Å². The molecule has 74 valence electrons. The van der Waals surface area contributed by atoms with E-state index in [1.807, 2.05) is 14.0 Å². The molecule has 0 aliphatic rings. The lowest BCUT2D eigenvalue weighted by Gasteiger charge is -1.96. The Morgan fingerprint density at radius 3 is 2.57 bits per heavy atom. The zero-order valence-corrected chi connectivity index (χ0v) is 9.26. The molecule has 6 heteroatoms. The summed E-state index contributed by atoms with van der Waals surface area (Å²) in [5.74, 6) is 0. The normalized spacial score (nSPS) is 11.1. The molecule has 2 heterocycles. The third-order valence-corrected chi connectivity index (χ3v) is 2.50. The molecule has 0 radical (unpaired) electrons. The van der Waals surface area contributed by atoms with Crippen LogP contribution in [0, 0.1) is 0 Å². The van der Waals surface area contributed by atoms with Gasteiger partial charge >= 0.3 is 0 Å². The van der Waals surface area contributed by atoms with Crippen molar-refractivity contribution in [1.82, 2.24) is 19.7 Å². The van der Waals surface area contributed by atoms with Crippen molar-refractivity contribution in [3.8, 4) is 0 Å². The summed E-state index contributed by atoms with van der Waals surface area (Å²) >= 11 is 11.6. The van der Waals surface area contributed by atoms with Gasteiger partial charge in [0, 0.05) is 7.05 Å². The molecule has 0 unspecified atom stereocenters. The molecule has 0 saturated carbocycles. The molecule has 14 heavy (non-hydrogen) atoms. The van der Waals surface area contributed by atoms with Gasteiger partial charge in [0.05, 0.1) is 5.69 Å². The lowest BCUT2D eigenvalue weighted by Crippen LogP contribution is -1.96. The van der Waals surface area contributed by atoms with Crippen molar-refractivity contribution in [2.75, 3.05) is 0 Å². The number of rotatable bonds is 1. The predicted octanol–water partition coefficient (Wildman–Crippen LogP) is 2.23. The van der Waals surface area contributed by atoms with Crippen LogP contribution in [-0.4, -0.2) is 19.7 Å². The Balaban J connectivity index is 2.87. The highest BCUT2D eigenvalue weighted by atomic mass is 35.5. The van der Waals surface area contributed by atoms with Crippen molar-refractivity contribution in [2.45, 2.75) is 13.3 Å². The zero-order valence-electron chi connectivity index (χ0n) is 7.75. The fraction of sp³-hybridized carbons (Fsp3) is 0.375. The molecular formula is C8H8Cl2N4. The number of hydrogen-bond donors (Lipinski definition) is 0. The van der Waals surface area contributed by atoms with Crippen LogP contribution in [0.15, 0.2) is 0 Å². The number of halogens is 2. The molecule has 2 rings (SSSR count). The van der Waals surface area contributed by atoms with Crippen molar-refractivity contribution in [3.63, 3.8) is 0 Å². The van der Waals surface area contributed by atoms with Crippen LogP contribution in [0.25, 0.3) is 11.0 Å². The molecule has 0 aliphatic heterocycles. The molecule has 0 N–H and O–H groups in total. The van der Waals surface area contributed by atoms with Gasteiger partial charge in [0.1, 0.15) is 11.0 Å². The van der Waals surface area contributed by atoms with E-state index in [1.54, 1.807) is 4.68 Å². The second-order valence-electron chi connectivity index (χ2n) is 2.90. The molecule has 0 aliphatic carbocycles. The van der Waals surface area contributed by atoms with Crippen LogP contribution in [0.5, 0.6) is 0 Å². The first-order chi connectivity index (χ1) is 6.63. The minimum Gasteiger partial charge on any atom is -0.270 e. The van der Waals surface area contributed by atoms with Gasteiger partial charge in [-0.25, -0.2) is 9.97 Å². The molecular weight excluding hydrogens is 223 g/mol. The van der Waals surface area contributed by atoms with E-state index in [9.17, 15) is 0 Å². The van der Waals surface area contributed by atoms with E-state index in [0.29, 0.717) is 10.7 Å². The molecule has 0 amide bonds. The number of aromatic nitrogens is 4. The summed E-state index contributed by atoms with van der Waals surface area (Å²) in [4.78, 5) is 7.95. The Kier molecular flexibility index (Phi) is 2.33. The molecule has 0 saturated heterocycles. The minimum atomic E-state index is 0.158. The standard InChI is InChI=1S/C8H8Cl2N4/c1-3-4-5-6(13-14(4)2)7(9)12-8(10)11-5/h3H2,1-2H3. The Morgan fingerprint density at radius 2 is 1.93 bits per heavy atom. The fourth-order valence-corrected chi connectivity index (χ4v) is 1.87. The second kappa shape index (κ2) is 3.37. The Labute approximate surface area is 90.9 Å². The van der Waals surface area contributed by atoms with Crippen molar-refractivity contribution in [3.05, 3.63) is 16.1 Å². The molecule has 4 nitrogen and oxygen atoms in total. The topological polar surface area (TPSA) is 43.6 Å². The van der Waals surface area contributed by atoms with Crippen LogP contribution in [0.1, 0.15) is 12.6 Å². The molecule has 0 aromatic carbocycles. The predicted molar refractivity (Wildman–Crippen MR) is 55.7 cm³/mol. The number of fused-ring (bicyclic) bond motifs is 1. The van der Waals surface area contributed by atoms with E-state index in [1.165, 1.54) is 0 Å². The lowest BCUT2D eigenvalue weighted by molar-refractivity contribution is 0.727. The SMILES string of the molecule is CCc1c2nc(Cl)nc(Cl)c2nn1C.